The van der Waals surface area contributed by atoms with E-state index < -0.39 is 24.5 Å². The van der Waals surface area contributed by atoms with Gasteiger partial charge in [0.25, 0.3) is 0 Å². The fraction of sp³-hybridized carbons (Fsp3) is 0.667. The number of hydrogen-bond donors (Lipinski definition) is 2. The van der Waals surface area contributed by atoms with Crippen LogP contribution in [-0.2, 0) is 28.5 Å². The van der Waals surface area contributed by atoms with Crippen LogP contribution in [-0.4, -0.2) is 61.2 Å². The number of esters is 2. The highest BCUT2D eigenvalue weighted by Crippen LogP contribution is 2.03. The number of carbonyl (C=O) groups is 2. The van der Waals surface area contributed by atoms with Crippen molar-refractivity contribution in [3.05, 3.63) is 25.3 Å². The van der Waals surface area contributed by atoms with E-state index >= 15 is 0 Å². The van der Waals surface area contributed by atoms with E-state index in [4.69, 9.17) is 9.47 Å². The van der Waals surface area contributed by atoms with Crippen LogP contribution in [0.4, 0.5) is 0 Å². The summed E-state index contributed by atoms with van der Waals surface area (Å²) in [5.41, 5.74) is 0. The molecule has 2 atom stereocenters. The quantitative estimate of drug-likeness (QED) is 0.170. The topological polar surface area (TPSA) is 112 Å². The van der Waals surface area contributed by atoms with Crippen molar-refractivity contribution < 1.29 is 38.7 Å². The van der Waals surface area contributed by atoms with E-state index in [9.17, 15) is 19.8 Å². The summed E-state index contributed by atoms with van der Waals surface area (Å²) < 4.78 is 19.9. The van der Waals surface area contributed by atoms with Crippen LogP contribution in [0.5, 0.6) is 0 Å². The van der Waals surface area contributed by atoms with Crippen LogP contribution in [0.15, 0.2) is 25.3 Å². The zero-order valence-corrected chi connectivity index (χ0v) is 15.1. The maximum atomic E-state index is 10.8. The Kier molecular flexibility index (Phi) is 15.6. The van der Waals surface area contributed by atoms with Crippen molar-refractivity contribution >= 4 is 11.9 Å². The maximum Gasteiger partial charge on any atom is 0.332 e. The van der Waals surface area contributed by atoms with Crippen molar-refractivity contribution in [2.24, 2.45) is 0 Å². The maximum absolute atomic E-state index is 10.8. The van der Waals surface area contributed by atoms with Gasteiger partial charge < -0.3 is 29.2 Å². The molecule has 0 aliphatic heterocycles. The summed E-state index contributed by atoms with van der Waals surface area (Å²) in [5, 5.41) is 18.7. The second kappa shape index (κ2) is 16.7. The Morgan fingerprint density at radius 3 is 1.46 bits per heavy atom. The normalized spacial score (nSPS) is 12.8. The molecule has 8 nitrogen and oxygen atoms in total. The van der Waals surface area contributed by atoms with E-state index in [-0.39, 0.29) is 12.8 Å². The van der Waals surface area contributed by atoms with Gasteiger partial charge >= 0.3 is 11.9 Å². The Hall–Kier alpha value is -1.74. The van der Waals surface area contributed by atoms with Crippen LogP contribution in [0.25, 0.3) is 0 Å². The molecular weight excluding hydrogens is 344 g/mol. The Balaban J connectivity index is 3.29. The standard InChI is InChI=1S/C18H30O8/c1-3-15(19)25-17(21)9-13-23-11-7-5-6-8-12-24-14-10-18(22)26-16(20)4-2/h3-4,17-18,21-22H,1-2,5-14H2. The predicted molar refractivity (Wildman–Crippen MR) is 93.9 cm³/mol. The summed E-state index contributed by atoms with van der Waals surface area (Å²) >= 11 is 0. The molecule has 0 aliphatic carbocycles. The Labute approximate surface area is 154 Å². The monoisotopic (exact) mass is 374 g/mol. The van der Waals surface area contributed by atoms with Gasteiger partial charge in [-0.2, -0.15) is 0 Å². The van der Waals surface area contributed by atoms with Crippen molar-refractivity contribution in [3.63, 3.8) is 0 Å². The minimum Gasteiger partial charge on any atom is -0.433 e. The molecule has 0 amide bonds. The third kappa shape index (κ3) is 15.8. The summed E-state index contributed by atoms with van der Waals surface area (Å²) in [6.45, 7) is 8.25. The number of unbranched alkanes of at least 4 members (excludes halogenated alkanes) is 3. The molecule has 0 radical (unpaired) electrons. The van der Waals surface area contributed by atoms with Crippen molar-refractivity contribution in [3.8, 4) is 0 Å². The van der Waals surface area contributed by atoms with Gasteiger partial charge in [0.05, 0.1) is 13.2 Å². The molecule has 0 aromatic carbocycles. The summed E-state index contributed by atoms with van der Waals surface area (Å²) in [6.07, 6.45) is 3.84. The first-order chi connectivity index (χ1) is 12.5. The largest absolute Gasteiger partial charge is 0.433 e. The van der Waals surface area contributed by atoms with Crippen LogP contribution in [0.2, 0.25) is 0 Å². The molecule has 0 aromatic rings. The minimum absolute atomic E-state index is 0.224. The first kappa shape index (κ1) is 24.3. The molecule has 0 rings (SSSR count). The molecule has 0 saturated carbocycles. The van der Waals surface area contributed by atoms with Crippen LogP contribution in [0, 0.1) is 0 Å². The molecule has 2 unspecified atom stereocenters. The molecule has 150 valence electrons. The second-order valence-corrected chi connectivity index (χ2v) is 5.41. The summed E-state index contributed by atoms with van der Waals surface area (Å²) in [6, 6.07) is 0. The second-order valence-electron chi connectivity index (χ2n) is 5.41. The lowest BCUT2D eigenvalue weighted by atomic mass is 10.2. The highest BCUT2D eigenvalue weighted by molar-refractivity contribution is 5.81. The molecule has 0 aromatic heterocycles. The third-order valence-electron chi connectivity index (χ3n) is 3.18. The van der Waals surface area contributed by atoms with Gasteiger partial charge in [-0.3, -0.25) is 0 Å². The van der Waals surface area contributed by atoms with Crippen molar-refractivity contribution in [1.82, 2.24) is 0 Å². The number of hydrogen-bond acceptors (Lipinski definition) is 8. The smallest absolute Gasteiger partial charge is 0.332 e. The Morgan fingerprint density at radius 2 is 1.12 bits per heavy atom. The molecule has 0 aliphatic rings. The molecule has 8 heteroatoms. The lowest BCUT2D eigenvalue weighted by Gasteiger charge is -2.11. The van der Waals surface area contributed by atoms with Gasteiger partial charge in [0.2, 0.25) is 12.6 Å². The predicted octanol–water partition coefficient (Wildman–Crippen LogP) is 1.46. The number of carbonyl (C=O) groups excluding carboxylic acids is 2. The van der Waals surface area contributed by atoms with Crippen molar-refractivity contribution in [2.45, 2.75) is 51.1 Å². The molecule has 0 saturated heterocycles. The van der Waals surface area contributed by atoms with E-state index in [1.807, 2.05) is 0 Å². The van der Waals surface area contributed by atoms with Gasteiger partial charge in [-0.05, 0) is 12.8 Å². The summed E-state index contributed by atoms with van der Waals surface area (Å²) in [4.78, 5) is 21.6. The fourth-order valence-corrected chi connectivity index (χ4v) is 1.82. The number of ether oxygens (including phenoxy) is 4. The van der Waals surface area contributed by atoms with Gasteiger partial charge in [-0.25, -0.2) is 9.59 Å². The first-order valence-corrected chi connectivity index (χ1v) is 8.67. The van der Waals surface area contributed by atoms with Crippen LogP contribution in [0.1, 0.15) is 38.5 Å². The van der Waals surface area contributed by atoms with Gasteiger partial charge in [0.1, 0.15) is 0 Å². The molecule has 0 bridgehead atoms. The van der Waals surface area contributed by atoms with E-state index in [0.717, 1.165) is 37.8 Å². The van der Waals surface area contributed by atoms with Gasteiger partial charge in [-0.1, -0.05) is 26.0 Å². The fourth-order valence-electron chi connectivity index (χ4n) is 1.82. The SMILES string of the molecule is C=CC(=O)OC(O)CCOCCCCCCOCCC(O)OC(=O)C=C. The Morgan fingerprint density at radius 1 is 0.731 bits per heavy atom. The highest BCUT2D eigenvalue weighted by Gasteiger charge is 2.08. The molecule has 0 spiro atoms. The summed E-state index contributed by atoms with van der Waals surface area (Å²) in [7, 11) is 0. The van der Waals surface area contributed by atoms with E-state index in [1.54, 1.807) is 0 Å². The average molecular weight is 374 g/mol. The molecular formula is C18H30O8. The zero-order chi connectivity index (χ0) is 19.6. The molecule has 0 fully saturated rings. The van der Waals surface area contributed by atoms with Crippen LogP contribution >= 0.6 is 0 Å². The lowest BCUT2D eigenvalue weighted by Crippen LogP contribution is -2.18. The zero-order valence-electron chi connectivity index (χ0n) is 15.1. The van der Waals surface area contributed by atoms with E-state index in [0.29, 0.717) is 26.4 Å². The van der Waals surface area contributed by atoms with E-state index in [2.05, 4.69) is 22.6 Å². The van der Waals surface area contributed by atoms with Gasteiger partial charge in [-0.15, -0.1) is 0 Å². The average Bonchev–Trinajstić information content (AvgIpc) is 2.62. The molecule has 2 N–H and O–H groups in total. The van der Waals surface area contributed by atoms with Crippen LogP contribution < -0.4 is 0 Å². The summed E-state index contributed by atoms with van der Waals surface area (Å²) in [5.74, 6) is -1.32. The lowest BCUT2D eigenvalue weighted by molar-refractivity contribution is -0.165. The number of aliphatic hydroxyl groups is 2. The minimum atomic E-state index is -1.17. The van der Waals surface area contributed by atoms with Crippen molar-refractivity contribution in [1.29, 1.82) is 0 Å². The third-order valence-corrected chi connectivity index (χ3v) is 3.18. The first-order valence-electron chi connectivity index (χ1n) is 8.67. The van der Waals surface area contributed by atoms with Gasteiger partial charge in [0, 0.05) is 38.2 Å². The van der Waals surface area contributed by atoms with Gasteiger partial charge in [0.15, 0.2) is 0 Å². The van der Waals surface area contributed by atoms with Crippen molar-refractivity contribution in [2.75, 3.05) is 26.4 Å². The Bertz CT molecular complexity index is 372. The van der Waals surface area contributed by atoms with Crippen LogP contribution in [0.3, 0.4) is 0 Å². The van der Waals surface area contributed by atoms with E-state index in [1.165, 1.54) is 0 Å². The highest BCUT2D eigenvalue weighted by atomic mass is 16.6. The molecule has 0 heterocycles. The number of rotatable bonds is 17. The number of aliphatic hydroxyl groups excluding tert-OH is 2. The molecule has 26 heavy (non-hydrogen) atoms.